The molecule has 20 heavy (non-hydrogen) atoms. The number of hydrogen-bond acceptors (Lipinski definition) is 4. The van der Waals surface area contributed by atoms with Gasteiger partial charge in [-0.05, 0) is 35.9 Å². The first-order valence-electron chi connectivity index (χ1n) is 6.25. The molecule has 2 heterocycles. The Bertz CT molecular complexity index is 793. The van der Waals surface area contributed by atoms with Gasteiger partial charge in [-0.15, -0.1) is 4.91 Å². The Morgan fingerprint density at radius 2 is 2.15 bits per heavy atom. The minimum atomic E-state index is -0.126. The van der Waals surface area contributed by atoms with Crippen molar-refractivity contribution in [3.63, 3.8) is 0 Å². The van der Waals surface area contributed by atoms with Crippen LogP contribution in [0.25, 0.3) is 16.9 Å². The van der Waals surface area contributed by atoms with Gasteiger partial charge in [0.15, 0.2) is 0 Å². The number of aryl methyl sites for hydroxylation is 1. The van der Waals surface area contributed by atoms with Crippen LogP contribution in [-0.4, -0.2) is 14.5 Å². The third-order valence-electron chi connectivity index (χ3n) is 3.24. The zero-order valence-corrected chi connectivity index (χ0v) is 10.9. The lowest BCUT2D eigenvalue weighted by atomic mass is 10.1. The first kappa shape index (κ1) is 12.5. The van der Waals surface area contributed by atoms with E-state index in [1.807, 2.05) is 35.7 Å². The van der Waals surface area contributed by atoms with Crippen LogP contribution in [0.2, 0.25) is 0 Å². The number of benzene rings is 1. The van der Waals surface area contributed by atoms with Crippen LogP contribution in [0.15, 0.2) is 47.8 Å². The van der Waals surface area contributed by atoms with Gasteiger partial charge >= 0.3 is 0 Å². The summed E-state index contributed by atoms with van der Waals surface area (Å²) in [5, 5.41) is 12.6. The van der Waals surface area contributed by atoms with Gasteiger partial charge in [0.2, 0.25) is 0 Å². The molecule has 0 atom stereocenters. The van der Waals surface area contributed by atoms with Crippen molar-refractivity contribution in [2.75, 3.05) is 0 Å². The van der Waals surface area contributed by atoms with Gasteiger partial charge in [-0.25, -0.2) is 4.98 Å². The van der Waals surface area contributed by atoms with Crippen molar-refractivity contribution in [2.24, 2.45) is 5.18 Å². The lowest BCUT2D eigenvalue weighted by molar-refractivity contribution is 0.276. The second-order valence-corrected chi connectivity index (χ2v) is 4.64. The molecule has 0 unspecified atom stereocenters. The second-order valence-electron chi connectivity index (χ2n) is 4.64. The zero-order valence-electron chi connectivity index (χ0n) is 10.9. The number of hydrogen-bond donors (Lipinski definition) is 1. The van der Waals surface area contributed by atoms with Crippen molar-refractivity contribution >= 4 is 11.3 Å². The number of pyridine rings is 1. The van der Waals surface area contributed by atoms with Crippen molar-refractivity contribution in [3.8, 4) is 11.3 Å². The standard InChI is InChI=1S/C15H13N3O2/c1-10-5-6-14-16-15(13(9-19)18(14)8-10)11-3-2-4-12(7-11)17-20/h2-8,19H,9H2,1H3. The first-order chi connectivity index (χ1) is 9.72. The van der Waals surface area contributed by atoms with E-state index in [0.29, 0.717) is 17.1 Å². The Balaban J connectivity index is 2.27. The molecule has 0 amide bonds. The SMILES string of the molecule is Cc1ccc2nc(-c3cccc(N=O)c3)c(CO)n2c1. The fraction of sp³-hybridized carbons (Fsp3) is 0.133. The summed E-state index contributed by atoms with van der Waals surface area (Å²) < 4.78 is 1.87. The van der Waals surface area contributed by atoms with Crippen LogP contribution < -0.4 is 0 Å². The van der Waals surface area contributed by atoms with Crippen molar-refractivity contribution in [2.45, 2.75) is 13.5 Å². The van der Waals surface area contributed by atoms with E-state index in [2.05, 4.69) is 10.2 Å². The predicted octanol–water partition coefficient (Wildman–Crippen LogP) is 3.20. The Morgan fingerprint density at radius 1 is 1.30 bits per heavy atom. The summed E-state index contributed by atoms with van der Waals surface area (Å²) in [6, 6.07) is 10.8. The molecule has 5 heteroatoms. The van der Waals surface area contributed by atoms with Gasteiger partial charge in [-0.1, -0.05) is 18.2 Å². The van der Waals surface area contributed by atoms with E-state index in [9.17, 15) is 10.0 Å². The summed E-state index contributed by atoms with van der Waals surface area (Å²) in [5.41, 5.74) is 4.33. The monoisotopic (exact) mass is 267 g/mol. The van der Waals surface area contributed by atoms with Gasteiger partial charge in [0.25, 0.3) is 0 Å². The van der Waals surface area contributed by atoms with Gasteiger partial charge in [0.05, 0.1) is 18.0 Å². The minimum Gasteiger partial charge on any atom is -0.390 e. The van der Waals surface area contributed by atoms with Gasteiger partial charge in [-0.3, -0.25) is 0 Å². The molecule has 0 bridgehead atoms. The molecule has 1 aromatic carbocycles. The number of fused-ring (bicyclic) bond motifs is 1. The maximum Gasteiger partial charge on any atom is 0.137 e. The number of rotatable bonds is 3. The molecule has 0 saturated heterocycles. The van der Waals surface area contributed by atoms with E-state index >= 15 is 0 Å². The van der Waals surface area contributed by atoms with Crippen LogP contribution in [-0.2, 0) is 6.61 Å². The first-order valence-corrected chi connectivity index (χ1v) is 6.25. The number of nitroso groups, excluding NO2 is 1. The quantitative estimate of drug-likeness (QED) is 0.741. The topological polar surface area (TPSA) is 67.0 Å². The molecule has 0 fully saturated rings. The van der Waals surface area contributed by atoms with Gasteiger partial charge in [0, 0.05) is 11.8 Å². The molecule has 1 N–H and O–H groups in total. The van der Waals surface area contributed by atoms with Crippen molar-refractivity contribution in [1.82, 2.24) is 9.38 Å². The molecule has 0 radical (unpaired) electrons. The molecule has 0 spiro atoms. The Hall–Kier alpha value is -2.53. The van der Waals surface area contributed by atoms with E-state index < -0.39 is 0 Å². The van der Waals surface area contributed by atoms with Crippen LogP contribution in [0.5, 0.6) is 0 Å². The van der Waals surface area contributed by atoms with Crippen molar-refractivity contribution in [3.05, 3.63) is 58.8 Å². The highest BCUT2D eigenvalue weighted by Gasteiger charge is 2.13. The van der Waals surface area contributed by atoms with E-state index in [0.717, 1.165) is 16.8 Å². The number of aliphatic hydroxyl groups is 1. The van der Waals surface area contributed by atoms with Crippen molar-refractivity contribution in [1.29, 1.82) is 0 Å². The maximum absolute atomic E-state index is 10.6. The van der Waals surface area contributed by atoms with E-state index in [1.54, 1.807) is 18.2 Å². The highest BCUT2D eigenvalue weighted by atomic mass is 16.3. The summed E-state index contributed by atoms with van der Waals surface area (Å²) in [6.45, 7) is 1.86. The number of aliphatic hydroxyl groups excluding tert-OH is 1. The zero-order chi connectivity index (χ0) is 14.1. The van der Waals surface area contributed by atoms with Crippen molar-refractivity contribution < 1.29 is 5.11 Å². The number of aromatic nitrogens is 2. The van der Waals surface area contributed by atoms with Gasteiger partial charge in [-0.2, -0.15) is 0 Å². The van der Waals surface area contributed by atoms with E-state index in [4.69, 9.17) is 0 Å². The van der Waals surface area contributed by atoms with Crippen LogP contribution in [0.3, 0.4) is 0 Å². The third-order valence-corrected chi connectivity index (χ3v) is 3.24. The molecular formula is C15H13N3O2. The average Bonchev–Trinajstić information content (AvgIpc) is 2.85. The highest BCUT2D eigenvalue weighted by Crippen LogP contribution is 2.27. The van der Waals surface area contributed by atoms with Crippen LogP contribution in [0, 0.1) is 11.8 Å². The average molecular weight is 267 g/mol. The summed E-state index contributed by atoms with van der Waals surface area (Å²) in [7, 11) is 0. The van der Waals surface area contributed by atoms with Crippen LogP contribution in [0.4, 0.5) is 5.69 Å². The fourth-order valence-electron chi connectivity index (χ4n) is 2.29. The molecule has 3 rings (SSSR count). The normalized spacial score (nSPS) is 10.9. The Morgan fingerprint density at radius 3 is 2.90 bits per heavy atom. The summed E-state index contributed by atoms with van der Waals surface area (Å²) in [4.78, 5) is 15.2. The van der Waals surface area contributed by atoms with Crippen LogP contribution >= 0.6 is 0 Å². The van der Waals surface area contributed by atoms with E-state index in [1.165, 1.54) is 0 Å². The van der Waals surface area contributed by atoms with Gasteiger partial charge < -0.3 is 9.51 Å². The van der Waals surface area contributed by atoms with Crippen LogP contribution in [0.1, 0.15) is 11.3 Å². The molecule has 100 valence electrons. The molecule has 0 saturated carbocycles. The molecule has 0 aliphatic heterocycles. The molecule has 0 aliphatic carbocycles. The predicted molar refractivity (Wildman–Crippen MR) is 76.7 cm³/mol. The molecule has 5 nitrogen and oxygen atoms in total. The minimum absolute atomic E-state index is 0.126. The largest absolute Gasteiger partial charge is 0.390 e. The molecule has 3 aromatic rings. The summed E-state index contributed by atoms with van der Waals surface area (Å²) >= 11 is 0. The number of nitrogens with zero attached hydrogens (tertiary/aromatic N) is 3. The second kappa shape index (κ2) is 4.86. The highest BCUT2D eigenvalue weighted by molar-refractivity contribution is 5.69. The lowest BCUT2D eigenvalue weighted by Gasteiger charge is -2.02. The summed E-state index contributed by atoms with van der Waals surface area (Å²) in [6.07, 6.45) is 1.93. The lowest BCUT2D eigenvalue weighted by Crippen LogP contribution is -1.94. The Kier molecular flexibility index (Phi) is 3.04. The Labute approximate surface area is 115 Å². The molecule has 2 aromatic heterocycles. The third kappa shape index (κ3) is 1.98. The van der Waals surface area contributed by atoms with Gasteiger partial charge in [0.1, 0.15) is 11.3 Å². The number of imidazole rings is 1. The maximum atomic E-state index is 10.6. The molecule has 0 aliphatic rings. The fourth-order valence-corrected chi connectivity index (χ4v) is 2.29. The molecular weight excluding hydrogens is 254 g/mol. The summed E-state index contributed by atoms with van der Waals surface area (Å²) in [5.74, 6) is 0. The van der Waals surface area contributed by atoms with E-state index in [-0.39, 0.29) is 6.61 Å². The smallest absolute Gasteiger partial charge is 0.137 e.